The molecule has 0 spiro atoms. The highest BCUT2D eigenvalue weighted by molar-refractivity contribution is 5.96. The topological polar surface area (TPSA) is 83.0 Å². The largest absolute Gasteiger partial charge is 0.457 e. The Hall–Kier alpha value is -2.44. The van der Waals surface area contributed by atoms with Gasteiger partial charge in [0.2, 0.25) is 0 Å². The number of hydrogen-bond acceptors (Lipinski definition) is 6. The summed E-state index contributed by atoms with van der Waals surface area (Å²) in [6.07, 6.45) is 1.58. The summed E-state index contributed by atoms with van der Waals surface area (Å²) in [6, 6.07) is 9.30. The number of carbonyl (C=O) groups excluding carboxylic acids is 1. The molecule has 0 saturated heterocycles. The second-order valence-electron chi connectivity index (χ2n) is 7.39. The molecule has 0 aromatic heterocycles. The zero-order valence-corrected chi connectivity index (χ0v) is 15.4. The van der Waals surface area contributed by atoms with Crippen molar-refractivity contribution in [3.05, 3.63) is 58.9 Å². The van der Waals surface area contributed by atoms with Gasteiger partial charge < -0.3 is 20.5 Å². The first kappa shape index (κ1) is 18.4. The van der Waals surface area contributed by atoms with E-state index in [2.05, 4.69) is 15.6 Å². The molecule has 0 radical (unpaired) electrons. The number of aliphatic hydroxyl groups excluding tert-OH is 1. The minimum Gasteiger partial charge on any atom is -0.457 e. The average Bonchev–Trinajstić information content (AvgIpc) is 2.82. The number of nitrogens with zero attached hydrogens (tertiary/aromatic N) is 1. The van der Waals surface area contributed by atoms with E-state index < -0.39 is 11.7 Å². The predicted molar refractivity (Wildman–Crippen MR) is 100 cm³/mol. The lowest BCUT2D eigenvalue weighted by molar-refractivity contribution is -0.150. The quantitative estimate of drug-likeness (QED) is 0.724. The van der Waals surface area contributed by atoms with Crippen molar-refractivity contribution in [3.63, 3.8) is 0 Å². The molecule has 0 bridgehead atoms. The lowest BCUT2D eigenvalue weighted by Gasteiger charge is -2.25. The van der Waals surface area contributed by atoms with Gasteiger partial charge in [0.1, 0.15) is 17.5 Å². The first-order valence-corrected chi connectivity index (χ1v) is 8.79. The van der Waals surface area contributed by atoms with Gasteiger partial charge in [0.15, 0.2) is 0 Å². The van der Waals surface area contributed by atoms with Crippen molar-refractivity contribution in [2.24, 2.45) is 4.99 Å². The summed E-state index contributed by atoms with van der Waals surface area (Å²) >= 11 is 0. The molecule has 6 nitrogen and oxygen atoms in total. The fourth-order valence-electron chi connectivity index (χ4n) is 2.88. The van der Waals surface area contributed by atoms with Crippen molar-refractivity contribution in [1.29, 1.82) is 0 Å². The Morgan fingerprint density at radius 3 is 2.69 bits per heavy atom. The Labute approximate surface area is 153 Å². The van der Waals surface area contributed by atoms with E-state index in [1.807, 2.05) is 51.1 Å². The maximum Gasteiger partial charge on any atom is 0.337 e. The number of rotatable bonds is 3. The minimum atomic E-state index is -0.891. The van der Waals surface area contributed by atoms with Crippen molar-refractivity contribution < 1.29 is 14.6 Å². The third-order valence-electron chi connectivity index (χ3n) is 4.13. The Balaban J connectivity index is 1.92. The van der Waals surface area contributed by atoms with Crippen molar-refractivity contribution in [1.82, 2.24) is 10.6 Å². The van der Waals surface area contributed by atoms with Crippen LogP contribution in [0.4, 0.5) is 0 Å². The number of ether oxygens (including phenoxy) is 1. The number of hydrogen-bond donors (Lipinski definition) is 3. The van der Waals surface area contributed by atoms with E-state index in [1.165, 1.54) is 0 Å². The number of nitrogens with one attached hydrogen (secondary N) is 2. The molecule has 1 aromatic rings. The minimum absolute atomic E-state index is 0.365. The maximum absolute atomic E-state index is 12.7. The fraction of sp³-hybridized carbons (Fsp3) is 0.400. The molecule has 138 valence electrons. The van der Waals surface area contributed by atoms with Crippen molar-refractivity contribution in [2.75, 3.05) is 13.1 Å². The van der Waals surface area contributed by atoms with Crippen LogP contribution in [0.5, 0.6) is 0 Å². The molecule has 0 amide bonds. The van der Waals surface area contributed by atoms with Gasteiger partial charge in [-0.05, 0) is 44.9 Å². The molecule has 0 fully saturated rings. The molecule has 3 N–H and O–H groups in total. The van der Waals surface area contributed by atoms with E-state index in [9.17, 15) is 9.90 Å². The Bertz CT molecular complexity index is 773. The number of benzene rings is 1. The maximum atomic E-state index is 12.7. The van der Waals surface area contributed by atoms with Gasteiger partial charge in [-0.25, -0.2) is 9.79 Å². The van der Waals surface area contributed by atoms with Crippen LogP contribution in [-0.4, -0.2) is 35.6 Å². The number of carbonyl (C=O) groups is 1. The third kappa shape index (κ3) is 4.20. The van der Waals surface area contributed by atoms with Crippen LogP contribution in [0.1, 0.15) is 38.9 Å². The third-order valence-corrected chi connectivity index (χ3v) is 4.13. The summed E-state index contributed by atoms with van der Waals surface area (Å²) in [7, 11) is 0. The molecule has 1 unspecified atom stereocenters. The summed E-state index contributed by atoms with van der Waals surface area (Å²) in [4.78, 5) is 17.1. The van der Waals surface area contributed by atoms with Crippen LogP contribution < -0.4 is 10.6 Å². The van der Waals surface area contributed by atoms with E-state index in [-0.39, 0.29) is 5.97 Å². The summed E-state index contributed by atoms with van der Waals surface area (Å²) in [6.45, 7) is 6.69. The average molecular weight is 355 g/mol. The summed E-state index contributed by atoms with van der Waals surface area (Å²) in [5, 5.41) is 17.1. The highest BCUT2D eigenvalue weighted by atomic mass is 16.6. The van der Waals surface area contributed by atoms with E-state index in [4.69, 9.17) is 4.74 Å². The molecular formula is C20H25N3O3. The molecule has 2 aliphatic heterocycles. The highest BCUT2D eigenvalue weighted by Gasteiger charge is 2.29. The number of allylic oxidation sites excluding steroid dienone is 1. The van der Waals surface area contributed by atoms with Gasteiger partial charge in [0.05, 0.1) is 11.3 Å². The fourth-order valence-corrected chi connectivity index (χ4v) is 2.88. The summed E-state index contributed by atoms with van der Waals surface area (Å²) in [5.74, 6) is 0.0358. The van der Waals surface area contributed by atoms with E-state index in [0.717, 1.165) is 24.1 Å². The first-order valence-electron chi connectivity index (χ1n) is 8.79. The second-order valence-corrected chi connectivity index (χ2v) is 7.39. The Kier molecular flexibility index (Phi) is 5.25. The van der Waals surface area contributed by atoms with Crippen molar-refractivity contribution in [3.8, 4) is 0 Å². The number of aliphatic hydroxyl groups is 1. The van der Waals surface area contributed by atoms with Crippen LogP contribution in [0.15, 0.2) is 58.4 Å². The van der Waals surface area contributed by atoms with Crippen molar-refractivity contribution in [2.45, 2.75) is 38.9 Å². The molecule has 1 atom stereocenters. The van der Waals surface area contributed by atoms with E-state index >= 15 is 0 Å². The zero-order valence-electron chi connectivity index (χ0n) is 15.4. The molecule has 6 heteroatoms. The molecule has 3 rings (SSSR count). The highest BCUT2D eigenvalue weighted by Crippen LogP contribution is 2.26. The van der Waals surface area contributed by atoms with Crippen LogP contribution in [-0.2, 0) is 9.53 Å². The van der Waals surface area contributed by atoms with Gasteiger partial charge in [-0.2, -0.15) is 0 Å². The molecule has 2 heterocycles. The van der Waals surface area contributed by atoms with Crippen LogP contribution in [0.3, 0.4) is 0 Å². The molecule has 2 aliphatic rings. The van der Waals surface area contributed by atoms with Crippen molar-refractivity contribution >= 4 is 11.8 Å². The summed E-state index contributed by atoms with van der Waals surface area (Å²) < 4.78 is 5.56. The first-order chi connectivity index (χ1) is 12.3. The molecule has 0 aliphatic carbocycles. The van der Waals surface area contributed by atoms with Crippen LogP contribution in [0.25, 0.3) is 0 Å². The smallest absolute Gasteiger partial charge is 0.337 e. The Morgan fingerprint density at radius 1 is 1.27 bits per heavy atom. The van der Waals surface area contributed by atoms with E-state index in [1.54, 1.807) is 6.20 Å². The van der Waals surface area contributed by atoms with Gasteiger partial charge in [0.25, 0.3) is 0 Å². The second kappa shape index (κ2) is 7.43. The van der Waals surface area contributed by atoms with Gasteiger partial charge in [-0.1, -0.05) is 30.3 Å². The standard InChI is InChI=1S/C20H25N3O3/c1-20(2,3)26-19(25)15-12-21-10-9-14-11-22-18(23-16(14)15)17(24)13-7-5-4-6-8-13/h4-8,11,17,21,24H,9-10,12H2,1-3H3,(H,22,23). The van der Waals surface area contributed by atoms with E-state index in [0.29, 0.717) is 23.7 Å². The molecule has 26 heavy (non-hydrogen) atoms. The zero-order chi connectivity index (χ0) is 18.7. The van der Waals surface area contributed by atoms with Crippen LogP contribution >= 0.6 is 0 Å². The van der Waals surface area contributed by atoms with Gasteiger partial charge >= 0.3 is 5.97 Å². The Morgan fingerprint density at radius 2 is 2.00 bits per heavy atom. The lowest BCUT2D eigenvalue weighted by atomic mass is 10.0. The molecule has 1 aromatic carbocycles. The summed E-state index contributed by atoms with van der Waals surface area (Å²) in [5.41, 5.74) is 2.30. The molecule has 0 saturated carbocycles. The normalized spacial score (nSPS) is 18.8. The van der Waals surface area contributed by atoms with Gasteiger partial charge in [-0.3, -0.25) is 0 Å². The number of fused-ring (bicyclic) bond motifs is 1. The predicted octanol–water partition coefficient (Wildman–Crippen LogP) is 2.19. The monoisotopic (exact) mass is 355 g/mol. The lowest BCUT2D eigenvalue weighted by Crippen LogP contribution is -2.35. The van der Waals surface area contributed by atoms with Gasteiger partial charge in [-0.15, -0.1) is 0 Å². The SMILES string of the molecule is CC(C)(C)OC(=O)C1=C2NC(C(O)c3ccccc3)=NC=C2CCNC1. The number of esters is 1. The van der Waals surface area contributed by atoms with Crippen LogP contribution in [0.2, 0.25) is 0 Å². The number of aliphatic imine (C=N–C) groups is 1. The molecular weight excluding hydrogens is 330 g/mol. The van der Waals surface area contributed by atoms with Gasteiger partial charge in [0, 0.05) is 12.7 Å². The number of amidine groups is 1. The van der Waals surface area contributed by atoms with Crippen LogP contribution in [0, 0.1) is 0 Å².